The molecule has 2 aromatic rings. The van der Waals surface area contributed by atoms with Crippen LogP contribution in [0.3, 0.4) is 0 Å². The van der Waals surface area contributed by atoms with Gasteiger partial charge in [-0.05, 0) is 0 Å². The van der Waals surface area contributed by atoms with Crippen LogP contribution in [0.25, 0.3) is 0 Å². The highest BCUT2D eigenvalue weighted by molar-refractivity contribution is 6.32. The lowest BCUT2D eigenvalue weighted by molar-refractivity contribution is 0.266. The van der Waals surface area contributed by atoms with Gasteiger partial charge < -0.3 is 16.2 Å². The molecule has 8 nitrogen and oxygen atoms in total. The Balaban J connectivity index is 2.16. The first kappa shape index (κ1) is 14.4. The fourth-order valence-electron chi connectivity index (χ4n) is 1.66. The fourth-order valence-corrected chi connectivity index (χ4v) is 1.87. The molecule has 20 heavy (non-hydrogen) atoms. The van der Waals surface area contributed by atoms with Crippen molar-refractivity contribution < 1.29 is 5.11 Å². The third kappa shape index (κ3) is 2.75. The van der Waals surface area contributed by atoms with E-state index in [0.29, 0.717) is 18.1 Å². The van der Waals surface area contributed by atoms with Gasteiger partial charge >= 0.3 is 0 Å². The van der Waals surface area contributed by atoms with Crippen molar-refractivity contribution in [2.75, 3.05) is 17.7 Å². The van der Waals surface area contributed by atoms with Crippen LogP contribution in [0.1, 0.15) is 5.56 Å². The number of aromatic nitrogens is 4. The summed E-state index contributed by atoms with van der Waals surface area (Å²) in [6.07, 6.45) is 3.07. The zero-order valence-corrected chi connectivity index (χ0v) is 11.6. The van der Waals surface area contributed by atoms with Crippen LogP contribution in [0, 0.1) is 0 Å². The SMILES string of the molecule is Cn1ncc(CNc2cnn(CCO)c(=O)c2Cl)c1N. The van der Waals surface area contributed by atoms with Gasteiger partial charge in [-0.3, -0.25) is 9.48 Å². The van der Waals surface area contributed by atoms with E-state index in [2.05, 4.69) is 15.5 Å². The number of nitrogens with two attached hydrogens (primary N) is 1. The highest BCUT2D eigenvalue weighted by Gasteiger charge is 2.10. The predicted octanol–water partition coefficient (Wildman–Crippen LogP) is -0.183. The Labute approximate surface area is 119 Å². The van der Waals surface area contributed by atoms with E-state index in [1.165, 1.54) is 6.20 Å². The van der Waals surface area contributed by atoms with Crippen LogP contribution in [-0.4, -0.2) is 31.3 Å². The third-order valence-electron chi connectivity index (χ3n) is 2.83. The van der Waals surface area contributed by atoms with E-state index >= 15 is 0 Å². The molecule has 0 bridgehead atoms. The lowest BCUT2D eigenvalue weighted by atomic mass is 10.3. The zero-order valence-electron chi connectivity index (χ0n) is 10.9. The number of hydrogen-bond acceptors (Lipinski definition) is 6. The number of aliphatic hydroxyl groups excluding tert-OH is 1. The van der Waals surface area contributed by atoms with E-state index in [9.17, 15) is 4.79 Å². The molecule has 0 unspecified atom stereocenters. The Morgan fingerprint density at radius 2 is 2.20 bits per heavy atom. The summed E-state index contributed by atoms with van der Waals surface area (Å²) >= 11 is 5.98. The summed E-state index contributed by atoms with van der Waals surface area (Å²) in [6.45, 7) is 0.307. The minimum Gasteiger partial charge on any atom is -0.394 e. The largest absolute Gasteiger partial charge is 0.394 e. The van der Waals surface area contributed by atoms with E-state index < -0.39 is 5.56 Å². The summed E-state index contributed by atoms with van der Waals surface area (Å²) in [6, 6.07) is 0. The van der Waals surface area contributed by atoms with Gasteiger partial charge in [0.05, 0.1) is 31.2 Å². The second-order valence-electron chi connectivity index (χ2n) is 4.16. The Morgan fingerprint density at radius 3 is 2.80 bits per heavy atom. The smallest absolute Gasteiger partial charge is 0.287 e. The maximum atomic E-state index is 11.8. The number of anilines is 2. The normalized spacial score (nSPS) is 10.8. The van der Waals surface area contributed by atoms with Gasteiger partial charge in [0.1, 0.15) is 10.8 Å². The molecule has 0 radical (unpaired) electrons. The minimum absolute atomic E-state index is 0.0240. The maximum absolute atomic E-state index is 11.8. The van der Waals surface area contributed by atoms with Gasteiger partial charge in [-0.1, -0.05) is 11.6 Å². The monoisotopic (exact) mass is 298 g/mol. The summed E-state index contributed by atoms with van der Waals surface area (Å²) in [5.74, 6) is 0.537. The molecule has 0 saturated heterocycles. The fraction of sp³-hybridized carbons (Fsp3) is 0.364. The van der Waals surface area contributed by atoms with E-state index in [1.807, 2.05) is 0 Å². The van der Waals surface area contributed by atoms with Gasteiger partial charge in [0, 0.05) is 19.2 Å². The van der Waals surface area contributed by atoms with Crippen LogP contribution in [0.2, 0.25) is 5.02 Å². The van der Waals surface area contributed by atoms with Crippen molar-refractivity contribution in [1.82, 2.24) is 19.6 Å². The van der Waals surface area contributed by atoms with Crippen LogP contribution in [0.4, 0.5) is 11.5 Å². The summed E-state index contributed by atoms with van der Waals surface area (Å²) in [5, 5.41) is 19.8. The number of aliphatic hydroxyl groups is 1. The first-order valence-electron chi connectivity index (χ1n) is 5.91. The van der Waals surface area contributed by atoms with Gasteiger partial charge in [-0.2, -0.15) is 10.2 Å². The first-order chi connectivity index (χ1) is 9.54. The van der Waals surface area contributed by atoms with Crippen molar-refractivity contribution in [2.24, 2.45) is 7.05 Å². The van der Waals surface area contributed by atoms with Crippen molar-refractivity contribution >= 4 is 23.1 Å². The van der Waals surface area contributed by atoms with Crippen molar-refractivity contribution in [2.45, 2.75) is 13.1 Å². The molecule has 0 aromatic carbocycles. The Kier molecular flexibility index (Phi) is 4.26. The number of nitrogens with zero attached hydrogens (tertiary/aromatic N) is 4. The molecule has 2 aromatic heterocycles. The molecule has 0 spiro atoms. The maximum Gasteiger partial charge on any atom is 0.287 e. The topological polar surface area (TPSA) is 111 Å². The molecule has 0 atom stereocenters. The van der Waals surface area contributed by atoms with E-state index in [4.69, 9.17) is 22.4 Å². The quantitative estimate of drug-likeness (QED) is 0.706. The lowest BCUT2D eigenvalue weighted by Gasteiger charge is -2.09. The number of nitrogen functional groups attached to an aromatic ring is 1. The average Bonchev–Trinajstić information content (AvgIpc) is 2.75. The molecule has 0 saturated carbocycles. The van der Waals surface area contributed by atoms with Crippen molar-refractivity contribution in [3.8, 4) is 0 Å². The second kappa shape index (κ2) is 5.93. The molecule has 0 aliphatic carbocycles. The standard InChI is InChI=1S/C11H15ClN6O2/c1-17-10(13)7(5-15-17)4-14-8-6-16-18(2-3-19)11(20)9(8)12/h5-6,14,19H,2-4,13H2,1H3. The molecule has 2 heterocycles. The summed E-state index contributed by atoms with van der Waals surface area (Å²) in [7, 11) is 1.74. The average molecular weight is 299 g/mol. The molecule has 2 rings (SSSR count). The van der Waals surface area contributed by atoms with Crippen molar-refractivity contribution in [3.63, 3.8) is 0 Å². The molecule has 0 amide bonds. The Bertz CT molecular complexity index is 665. The minimum atomic E-state index is -0.454. The van der Waals surface area contributed by atoms with Crippen LogP contribution in [-0.2, 0) is 20.1 Å². The van der Waals surface area contributed by atoms with Crippen LogP contribution in [0.5, 0.6) is 0 Å². The summed E-state index contributed by atoms with van der Waals surface area (Å²) in [4.78, 5) is 11.8. The van der Waals surface area contributed by atoms with Crippen LogP contribution >= 0.6 is 11.6 Å². The first-order valence-corrected chi connectivity index (χ1v) is 6.29. The van der Waals surface area contributed by atoms with Gasteiger partial charge in [-0.15, -0.1) is 0 Å². The Morgan fingerprint density at radius 1 is 1.45 bits per heavy atom. The van der Waals surface area contributed by atoms with E-state index in [0.717, 1.165) is 10.2 Å². The molecule has 0 aliphatic rings. The molecule has 108 valence electrons. The Hall–Kier alpha value is -2.06. The molecule has 9 heteroatoms. The van der Waals surface area contributed by atoms with Gasteiger partial charge in [0.2, 0.25) is 0 Å². The molecule has 0 aliphatic heterocycles. The number of halogens is 1. The second-order valence-corrected chi connectivity index (χ2v) is 4.53. The van der Waals surface area contributed by atoms with Gasteiger partial charge in [0.25, 0.3) is 5.56 Å². The third-order valence-corrected chi connectivity index (χ3v) is 3.20. The van der Waals surface area contributed by atoms with Crippen molar-refractivity contribution in [3.05, 3.63) is 33.3 Å². The number of nitrogens with one attached hydrogen (secondary N) is 1. The lowest BCUT2D eigenvalue weighted by Crippen LogP contribution is -2.25. The van der Waals surface area contributed by atoms with Crippen LogP contribution < -0.4 is 16.6 Å². The van der Waals surface area contributed by atoms with E-state index in [-0.39, 0.29) is 18.2 Å². The predicted molar refractivity (Wildman–Crippen MR) is 75.5 cm³/mol. The van der Waals surface area contributed by atoms with E-state index in [1.54, 1.807) is 17.9 Å². The van der Waals surface area contributed by atoms with Gasteiger partial charge in [-0.25, -0.2) is 4.68 Å². The number of aryl methyl sites for hydroxylation is 1. The highest BCUT2D eigenvalue weighted by Crippen LogP contribution is 2.18. The number of rotatable bonds is 5. The highest BCUT2D eigenvalue weighted by atomic mass is 35.5. The van der Waals surface area contributed by atoms with Crippen LogP contribution in [0.15, 0.2) is 17.2 Å². The summed E-state index contributed by atoms with van der Waals surface area (Å²) < 4.78 is 2.65. The number of hydrogen-bond donors (Lipinski definition) is 3. The molecular formula is C11H15ClN6O2. The zero-order chi connectivity index (χ0) is 14.7. The van der Waals surface area contributed by atoms with Gasteiger partial charge in [0.15, 0.2) is 0 Å². The molecular weight excluding hydrogens is 284 g/mol. The molecule has 0 fully saturated rings. The van der Waals surface area contributed by atoms with Crippen molar-refractivity contribution in [1.29, 1.82) is 0 Å². The molecule has 4 N–H and O–H groups in total. The summed E-state index contributed by atoms with van der Waals surface area (Å²) in [5.41, 5.74) is 6.57.